The maximum absolute atomic E-state index is 12.4. The van der Waals surface area contributed by atoms with Crippen LogP contribution in [0.3, 0.4) is 0 Å². The average molecular weight is 377 g/mol. The molecule has 144 valence electrons. The molecule has 4 rings (SSSR count). The molecule has 0 saturated heterocycles. The van der Waals surface area contributed by atoms with Crippen molar-refractivity contribution in [3.05, 3.63) is 70.3 Å². The van der Waals surface area contributed by atoms with Gasteiger partial charge in [-0.3, -0.25) is 14.6 Å². The Morgan fingerprint density at radius 2 is 1.96 bits per heavy atom. The molecule has 2 N–H and O–H groups in total. The van der Waals surface area contributed by atoms with Crippen molar-refractivity contribution in [1.29, 1.82) is 0 Å². The number of hydrogen-bond donors (Lipinski definition) is 2. The number of ether oxygens (including phenoxy) is 1. The standard InChI is InChI=1S/C22H23N3O3/c1-14-11-16(13-21(26)24-14)22(27)25-17-4-6-18(7-5-17)28-19-8-9-20-15(12-19)3-2-10-23-20/h2-3,8-13,17-18H,4-7H2,1H3,(H,24,26)(H,25,27). The lowest BCUT2D eigenvalue weighted by atomic mass is 9.92. The van der Waals surface area contributed by atoms with Gasteiger partial charge in [0, 0.05) is 34.9 Å². The number of carbonyl (C=O) groups is 1. The fourth-order valence-corrected chi connectivity index (χ4v) is 3.73. The lowest BCUT2D eigenvalue weighted by Crippen LogP contribution is -2.40. The van der Waals surface area contributed by atoms with Crippen LogP contribution in [0.2, 0.25) is 0 Å². The quantitative estimate of drug-likeness (QED) is 0.730. The first-order valence-electron chi connectivity index (χ1n) is 9.60. The number of aryl methyl sites for hydroxylation is 1. The molecular weight excluding hydrogens is 354 g/mol. The van der Waals surface area contributed by atoms with Gasteiger partial charge in [-0.25, -0.2) is 0 Å². The van der Waals surface area contributed by atoms with Crippen molar-refractivity contribution in [1.82, 2.24) is 15.3 Å². The number of fused-ring (bicyclic) bond motifs is 1. The maximum Gasteiger partial charge on any atom is 0.251 e. The van der Waals surface area contributed by atoms with Gasteiger partial charge >= 0.3 is 0 Å². The number of rotatable bonds is 4. The summed E-state index contributed by atoms with van der Waals surface area (Å²) in [6, 6.07) is 13.0. The second kappa shape index (κ2) is 7.84. The predicted molar refractivity (Wildman–Crippen MR) is 108 cm³/mol. The van der Waals surface area contributed by atoms with Crippen LogP contribution in [0.1, 0.15) is 41.7 Å². The van der Waals surface area contributed by atoms with Crippen molar-refractivity contribution >= 4 is 16.8 Å². The average Bonchev–Trinajstić information content (AvgIpc) is 2.68. The van der Waals surface area contributed by atoms with E-state index < -0.39 is 0 Å². The SMILES string of the molecule is Cc1cc(C(=O)NC2CCC(Oc3ccc4ncccc4c3)CC2)cc(=O)[nH]1. The summed E-state index contributed by atoms with van der Waals surface area (Å²) >= 11 is 0. The molecule has 0 radical (unpaired) electrons. The molecule has 1 saturated carbocycles. The molecule has 2 heterocycles. The van der Waals surface area contributed by atoms with E-state index >= 15 is 0 Å². The molecule has 1 amide bonds. The molecule has 1 fully saturated rings. The lowest BCUT2D eigenvalue weighted by molar-refractivity contribution is 0.0893. The zero-order valence-electron chi connectivity index (χ0n) is 15.8. The van der Waals surface area contributed by atoms with Crippen LogP contribution in [0.15, 0.2) is 53.5 Å². The topological polar surface area (TPSA) is 84.1 Å². The molecule has 0 spiro atoms. The Bertz CT molecular complexity index is 1050. The number of nitrogens with zero attached hydrogens (tertiary/aromatic N) is 1. The molecule has 1 aromatic carbocycles. The summed E-state index contributed by atoms with van der Waals surface area (Å²) in [4.78, 5) is 30.9. The van der Waals surface area contributed by atoms with Crippen molar-refractivity contribution in [2.24, 2.45) is 0 Å². The van der Waals surface area contributed by atoms with Gasteiger partial charge < -0.3 is 15.0 Å². The number of pyridine rings is 2. The molecule has 1 aliphatic carbocycles. The van der Waals surface area contributed by atoms with Crippen LogP contribution in [0, 0.1) is 6.92 Å². The number of nitrogens with one attached hydrogen (secondary N) is 2. The molecule has 0 unspecified atom stereocenters. The van der Waals surface area contributed by atoms with E-state index in [1.807, 2.05) is 30.3 Å². The molecule has 3 aromatic rings. The van der Waals surface area contributed by atoms with Crippen LogP contribution in [-0.4, -0.2) is 28.0 Å². The van der Waals surface area contributed by atoms with E-state index in [1.54, 1.807) is 19.2 Å². The van der Waals surface area contributed by atoms with Crippen LogP contribution in [0.5, 0.6) is 5.75 Å². The molecule has 0 bridgehead atoms. The largest absolute Gasteiger partial charge is 0.490 e. The fraction of sp³-hybridized carbons (Fsp3) is 0.318. The van der Waals surface area contributed by atoms with Crippen LogP contribution in [0.25, 0.3) is 10.9 Å². The number of carbonyl (C=O) groups excluding carboxylic acids is 1. The lowest BCUT2D eigenvalue weighted by Gasteiger charge is -2.29. The highest BCUT2D eigenvalue weighted by Gasteiger charge is 2.24. The summed E-state index contributed by atoms with van der Waals surface area (Å²) in [5.74, 6) is 0.660. The van der Waals surface area contributed by atoms with Gasteiger partial charge in [0.1, 0.15) is 5.75 Å². The Kier molecular flexibility index (Phi) is 5.10. The highest BCUT2D eigenvalue weighted by atomic mass is 16.5. The molecular formula is C22H23N3O3. The van der Waals surface area contributed by atoms with Gasteiger partial charge in [-0.2, -0.15) is 0 Å². The first kappa shape index (κ1) is 18.2. The fourth-order valence-electron chi connectivity index (χ4n) is 3.73. The van der Waals surface area contributed by atoms with Crippen molar-refractivity contribution < 1.29 is 9.53 Å². The van der Waals surface area contributed by atoms with Crippen molar-refractivity contribution in [3.63, 3.8) is 0 Å². The zero-order chi connectivity index (χ0) is 19.5. The van der Waals surface area contributed by atoms with Gasteiger partial charge in [-0.1, -0.05) is 6.07 Å². The van der Waals surface area contributed by atoms with Gasteiger partial charge in [0.05, 0.1) is 11.6 Å². The van der Waals surface area contributed by atoms with Gasteiger partial charge in [-0.15, -0.1) is 0 Å². The van der Waals surface area contributed by atoms with E-state index in [9.17, 15) is 9.59 Å². The van der Waals surface area contributed by atoms with E-state index in [0.717, 1.165) is 42.3 Å². The second-order valence-electron chi connectivity index (χ2n) is 7.34. The molecule has 6 nitrogen and oxygen atoms in total. The summed E-state index contributed by atoms with van der Waals surface area (Å²) in [6.45, 7) is 1.77. The summed E-state index contributed by atoms with van der Waals surface area (Å²) in [7, 11) is 0. The van der Waals surface area contributed by atoms with Crippen LogP contribution in [-0.2, 0) is 0 Å². The van der Waals surface area contributed by atoms with Gasteiger partial charge in [0.25, 0.3) is 5.91 Å². The third-order valence-electron chi connectivity index (χ3n) is 5.13. The Balaban J connectivity index is 1.32. The monoisotopic (exact) mass is 377 g/mol. The van der Waals surface area contributed by atoms with Crippen LogP contribution >= 0.6 is 0 Å². The second-order valence-corrected chi connectivity index (χ2v) is 7.34. The molecule has 6 heteroatoms. The summed E-state index contributed by atoms with van der Waals surface area (Å²) < 4.78 is 6.15. The number of benzene rings is 1. The van der Waals surface area contributed by atoms with E-state index in [2.05, 4.69) is 15.3 Å². The number of H-pyrrole nitrogens is 1. The van der Waals surface area contributed by atoms with Gasteiger partial charge in [0.15, 0.2) is 0 Å². The first-order chi connectivity index (χ1) is 13.6. The third-order valence-corrected chi connectivity index (χ3v) is 5.13. The first-order valence-corrected chi connectivity index (χ1v) is 9.60. The van der Waals surface area contributed by atoms with Gasteiger partial charge in [-0.05, 0) is 62.9 Å². The minimum atomic E-state index is -0.257. The minimum Gasteiger partial charge on any atom is -0.490 e. The smallest absolute Gasteiger partial charge is 0.251 e. The Hall–Kier alpha value is -3.15. The number of hydrogen-bond acceptors (Lipinski definition) is 4. The van der Waals surface area contributed by atoms with Crippen LogP contribution in [0.4, 0.5) is 0 Å². The predicted octanol–water partition coefficient (Wildman–Crippen LogP) is 3.35. The van der Waals surface area contributed by atoms with Crippen molar-refractivity contribution in [2.45, 2.75) is 44.8 Å². The molecule has 2 aromatic heterocycles. The minimum absolute atomic E-state index is 0.104. The van der Waals surface area contributed by atoms with Gasteiger partial charge in [0.2, 0.25) is 5.56 Å². The molecule has 1 aliphatic rings. The normalized spacial score (nSPS) is 19.3. The summed E-state index contributed by atoms with van der Waals surface area (Å²) in [6.07, 6.45) is 5.39. The summed E-state index contributed by atoms with van der Waals surface area (Å²) in [5, 5.41) is 4.11. The molecule has 0 atom stereocenters. The van der Waals surface area contributed by atoms with E-state index in [-0.39, 0.29) is 23.6 Å². The van der Waals surface area contributed by atoms with Crippen molar-refractivity contribution in [2.75, 3.05) is 0 Å². The van der Waals surface area contributed by atoms with E-state index in [1.165, 1.54) is 6.07 Å². The van der Waals surface area contributed by atoms with E-state index in [0.29, 0.717) is 11.3 Å². The number of amides is 1. The number of aromatic nitrogens is 2. The third kappa shape index (κ3) is 4.22. The Morgan fingerprint density at radius 1 is 1.14 bits per heavy atom. The van der Waals surface area contributed by atoms with E-state index in [4.69, 9.17) is 4.74 Å². The molecule has 0 aliphatic heterocycles. The van der Waals surface area contributed by atoms with Crippen molar-refractivity contribution in [3.8, 4) is 5.75 Å². The number of aromatic amines is 1. The summed E-state index contributed by atoms with van der Waals surface area (Å²) in [5.41, 5.74) is 1.79. The zero-order valence-corrected chi connectivity index (χ0v) is 15.8. The van der Waals surface area contributed by atoms with Crippen LogP contribution < -0.4 is 15.6 Å². The maximum atomic E-state index is 12.4. The molecule has 28 heavy (non-hydrogen) atoms. The Labute approximate surface area is 163 Å². The Morgan fingerprint density at radius 3 is 2.75 bits per heavy atom. The highest BCUT2D eigenvalue weighted by molar-refractivity contribution is 5.94. The highest BCUT2D eigenvalue weighted by Crippen LogP contribution is 2.26.